The van der Waals surface area contributed by atoms with Gasteiger partial charge in [-0.05, 0) is 31.1 Å². The lowest BCUT2D eigenvalue weighted by atomic mass is 10.0. The number of allylic oxidation sites excluding steroid dienone is 2. The van der Waals surface area contributed by atoms with E-state index in [0.29, 0.717) is 24.8 Å². The van der Waals surface area contributed by atoms with Gasteiger partial charge in [-0.1, -0.05) is 26.0 Å². The Kier molecular flexibility index (Phi) is 5.53. The Bertz CT molecular complexity index is 248. The standard InChI is InChI=1S/C13H24N2O/c1-10(2)7-12(9-14)15-13(16)8-11-5-3-4-6-11/h3,5,10-12H,4,6-9,14H2,1-2H3,(H,15,16). The van der Waals surface area contributed by atoms with E-state index in [2.05, 4.69) is 31.3 Å². The van der Waals surface area contributed by atoms with Gasteiger partial charge in [0.25, 0.3) is 0 Å². The second-order valence-corrected chi connectivity index (χ2v) is 5.10. The molecular formula is C13H24N2O. The normalized spacial score (nSPS) is 21.4. The van der Waals surface area contributed by atoms with Crippen LogP contribution in [0.4, 0.5) is 0 Å². The smallest absolute Gasteiger partial charge is 0.220 e. The van der Waals surface area contributed by atoms with Gasteiger partial charge < -0.3 is 11.1 Å². The maximum Gasteiger partial charge on any atom is 0.220 e. The third-order valence-corrected chi connectivity index (χ3v) is 2.97. The van der Waals surface area contributed by atoms with Crippen LogP contribution in [0.1, 0.15) is 39.5 Å². The van der Waals surface area contributed by atoms with E-state index in [-0.39, 0.29) is 11.9 Å². The summed E-state index contributed by atoms with van der Waals surface area (Å²) in [5.74, 6) is 1.16. The van der Waals surface area contributed by atoms with Crippen molar-refractivity contribution >= 4 is 5.91 Å². The number of nitrogens with one attached hydrogen (secondary N) is 1. The maximum absolute atomic E-state index is 11.7. The van der Waals surface area contributed by atoms with Gasteiger partial charge in [0.05, 0.1) is 0 Å². The van der Waals surface area contributed by atoms with E-state index in [9.17, 15) is 4.79 Å². The van der Waals surface area contributed by atoms with Gasteiger partial charge in [0, 0.05) is 19.0 Å². The summed E-state index contributed by atoms with van der Waals surface area (Å²) in [5, 5.41) is 3.03. The molecule has 1 rings (SSSR count). The summed E-state index contributed by atoms with van der Waals surface area (Å²) in [7, 11) is 0. The molecule has 1 amide bonds. The lowest BCUT2D eigenvalue weighted by Crippen LogP contribution is -2.41. The van der Waals surface area contributed by atoms with Gasteiger partial charge in [-0.2, -0.15) is 0 Å². The average Bonchev–Trinajstić information content (AvgIpc) is 2.68. The minimum atomic E-state index is 0.137. The lowest BCUT2D eigenvalue weighted by Gasteiger charge is -2.19. The number of carbonyl (C=O) groups excluding carboxylic acids is 1. The molecule has 3 N–H and O–H groups in total. The molecule has 0 spiro atoms. The van der Waals surface area contributed by atoms with E-state index < -0.39 is 0 Å². The van der Waals surface area contributed by atoms with Crippen molar-refractivity contribution < 1.29 is 4.79 Å². The van der Waals surface area contributed by atoms with Gasteiger partial charge in [0.1, 0.15) is 0 Å². The highest BCUT2D eigenvalue weighted by molar-refractivity contribution is 5.76. The minimum absolute atomic E-state index is 0.137. The first kappa shape index (κ1) is 13.2. The summed E-state index contributed by atoms with van der Waals surface area (Å²) in [6, 6.07) is 0.137. The largest absolute Gasteiger partial charge is 0.352 e. The van der Waals surface area contributed by atoms with Crippen LogP contribution in [0.2, 0.25) is 0 Å². The molecule has 0 bridgehead atoms. The Morgan fingerprint density at radius 1 is 1.56 bits per heavy atom. The minimum Gasteiger partial charge on any atom is -0.352 e. The molecule has 1 aliphatic rings. The Hall–Kier alpha value is -0.830. The number of hydrogen-bond acceptors (Lipinski definition) is 2. The van der Waals surface area contributed by atoms with E-state index in [1.807, 2.05) is 0 Å². The molecule has 0 aromatic heterocycles. The average molecular weight is 224 g/mol. The monoisotopic (exact) mass is 224 g/mol. The Morgan fingerprint density at radius 2 is 2.31 bits per heavy atom. The first-order valence-corrected chi connectivity index (χ1v) is 6.28. The predicted molar refractivity (Wildman–Crippen MR) is 66.9 cm³/mol. The topological polar surface area (TPSA) is 55.1 Å². The quantitative estimate of drug-likeness (QED) is 0.676. The molecule has 0 aliphatic heterocycles. The Morgan fingerprint density at radius 3 is 2.81 bits per heavy atom. The van der Waals surface area contributed by atoms with Crippen LogP contribution in [0, 0.1) is 11.8 Å². The van der Waals surface area contributed by atoms with Gasteiger partial charge in [-0.3, -0.25) is 4.79 Å². The number of hydrogen-bond donors (Lipinski definition) is 2. The lowest BCUT2D eigenvalue weighted by molar-refractivity contribution is -0.122. The summed E-state index contributed by atoms with van der Waals surface area (Å²) in [6.45, 7) is 4.83. The van der Waals surface area contributed by atoms with Crippen LogP contribution in [-0.2, 0) is 4.79 Å². The van der Waals surface area contributed by atoms with Crippen molar-refractivity contribution in [3.05, 3.63) is 12.2 Å². The van der Waals surface area contributed by atoms with Gasteiger partial charge >= 0.3 is 0 Å². The van der Waals surface area contributed by atoms with Crippen molar-refractivity contribution in [2.45, 2.75) is 45.6 Å². The molecule has 3 nitrogen and oxygen atoms in total. The summed E-state index contributed by atoms with van der Waals surface area (Å²) >= 11 is 0. The second-order valence-electron chi connectivity index (χ2n) is 5.10. The fraction of sp³-hybridized carbons (Fsp3) is 0.769. The van der Waals surface area contributed by atoms with Crippen LogP contribution in [0.3, 0.4) is 0 Å². The number of rotatable bonds is 6. The third-order valence-electron chi connectivity index (χ3n) is 2.97. The van der Waals surface area contributed by atoms with Gasteiger partial charge in [-0.25, -0.2) is 0 Å². The highest BCUT2D eigenvalue weighted by Crippen LogP contribution is 2.20. The molecule has 2 atom stereocenters. The molecule has 0 saturated heterocycles. The molecular weight excluding hydrogens is 200 g/mol. The van der Waals surface area contributed by atoms with Crippen LogP contribution < -0.4 is 11.1 Å². The van der Waals surface area contributed by atoms with Crippen LogP contribution in [-0.4, -0.2) is 18.5 Å². The number of carbonyl (C=O) groups is 1. The summed E-state index contributed by atoms with van der Waals surface area (Å²) in [4.78, 5) is 11.7. The second kappa shape index (κ2) is 6.69. The first-order valence-electron chi connectivity index (χ1n) is 6.28. The van der Waals surface area contributed by atoms with Gasteiger partial charge in [-0.15, -0.1) is 0 Å². The van der Waals surface area contributed by atoms with Crippen molar-refractivity contribution in [1.29, 1.82) is 0 Å². The van der Waals surface area contributed by atoms with Crippen molar-refractivity contribution in [3.8, 4) is 0 Å². The highest BCUT2D eigenvalue weighted by atomic mass is 16.1. The molecule has 1 aliphatic carbocycles. The first-order chi connectivity index (χ1) is 7.61. The van der Waals surface area contributed by atoms with Crippen molar-refractivity contribution in [1.82, 2.24) is 5.32 Å². The maximum atomic E-state index is 11.7. The molecule has 92 valence electrons. The van der Waals surface area contributed by atoms with E-state index in [1.54, 1.807) is 0 Å². The highest BCUT2D eigenvalue weighted by Gasteiger charge is 2.17. The number of nitrogens with two attached hydrogens (primary N) is 1. The van der Waals surface area contributed by atoms with Gasteiger partial charge in [0.2, 0.25) is 5.91 Å². The van der Waals surface area contributed by atoms with Crippen LogP contribution >= 0.6 is 0 Å². The van der Waals surface area contributed by atoms with Crippen molar-refractivity contribution in [2.75, 3.05) is 6.54 Å². The predicted octanol–water partition coefficient (Wildman–Crippen LogP) is 1.83. The zero-order valence-corrected chi connectivity index (χ0v) is 10.4. The Balaban J connectivity index is 2.27. The fourth-order valence-electron chi connectivity index (χ4n) is 2.17. The molecule has 0 fully saturated rings. The fourth-order valence-corrected chi connectivity index (χ4v) is 2.17. The molecule has 0 saturated carbocycles. The van der Waals surface area contributed by atoms with E-state index in [0.717, 1.165) is 19.3 Å². The molecule has 16 heavy (non-hydrogen) atoms. The van der Waals surface area contributed by atoms with Crippen LogP contribution in [0.25, 0.3) is 0 Å². The third kappa shape index (κ3) is 4.79. The zero-order valence-electron chi connectivity index (χ0n) is 10.4. The molecule has 0 heterocycles. The number of amides is 1. The van der Waals surface area contributed by atoms with Crippen LogP contribution in [0.5, 0.6) is 0 Å². The SMILES string of the molecule is CC(C)CC(CN)NC(=O)CC1C=CCC1. The molecule has 2 unspecified atom stereocenters. The zero-order chi connectivity index (χ0) is 12.0. The summed E-state index contributed by atoms with van der Waals surface area (Å²) < 4.78 is 0. The molecule has 0 radical (unpaired) electrons. The van der Waals surface area contributed by atoms with E-state index in [1.165, 1.54) is 0 Å². The van der Waals surface area contributed by atoms with Crippen molar-refractivity contribution in [3.63, 3.8) is 0 Å². The molecule has 0 aromatic rings. The summed E-state index contributed by atoms with van der Waals surface area (Å²) in [6.07, 6.45) is 8.12. The van der Waals surface area contributed by atoms with Crippen LogP contribution in [0.15, 0.2) is 12.2 Å². The Labute approximate surface area is 98.5 Å². The summed E-state index contributed by atoms with van der Waals surface area (Å²) in [5.41, 5.74) is 5.65. The van der Waals surface area contributed by atoms with E-state index >= 15 is 0 Å². The van der Waals surface area contributed by atoms with E-state index in [4.69, 9.17) is 5.73 Å². The molecule has 0 aromatic carbocycles. The van der Waals surface area contributed by atoms with Crippen molar-refractivity contribution in [2.24, 2.45) is 17.6 Å². The van der Waals surface area contributed by atoms with Gasteiger partial charge in [0.15, 0.2) is 0 Å². The molecule has 3 heteroatoms.